The molecule has 3 saturated heterocycles. The molecule has 3 heterocycles. The van der Waals surface area contributed by atoms with Crippen molar-refractivity contribution in [2.45, 2.75) is 83.2 Å². The lowest BCUT2D eigenvalue weighted by molar-refractivity contribution is -0.138. The largest absolute Gasteiger partial charge is 0.370 e. The summed E-state index contributed by atoms with van der Waals surface area (Å²) in [5, 5.41) is 0. The van der Waals surface area contributed by atoms with Crippen LogP contribution in [0.4, 0.5) is 0 Å². The van der Waals surface area contributed by atoms with Gasteiger partial charge in [-0.3, -0.25) is 4.79 Å². The zero-order valence-electron chi connectivity index (χ0n) is 22.0. The third-order valence-corrected chi connectivity index (χ3v) is 10.4. The van der Waals surface area contributed by atoms with Gasteiger partial charge in [-0.2, -0.15) is 4.31 Å². The molecule has 4 rings (SSSR count). The summed E-state index contributed by atoms with van der Waals surface area (Å²) in [6.45, 7) is 12.8. The number of carbonyl (C=O) groups excluding carboxylic acids is 1. The quantitative estimate of drug-likeness (QED) is 0.567. The standard InChI is InChI=1S/C27H43N3O4S/c1-20-7-12-28(13-8-20)24-9-14-29(15-10-24)26(31)19-34-18-25-6-5-11-30(25)35(32,33)27-22(3)16-21(2)17-23(27)4/h16-17,20,24-25H,5-15,18-19H2,1-4H3/t25-/m0/s1. The Morgan fingerprint density at radius 3 is 2.20 bits per heavy atom. The number of benzene rings is 1. The number of likely N-dealkylation sites (tertiary alicyclic amines) is 2. The molecule has 196 valence electrons. The molecule has 3 aliphatic heterocycles. The van der Waals surface area contributed by atoms with Crippen LogP contribution in [0.3, 0.4) is 0 Å². The van der Waals surface area contributed by atoms with Gasteiger partial charge in [-0.15, -0.1) is 0 Å². The second kappa shape index (κ2) is 11.3. The average molecular weight is 506 g/mol. The van der Waals surface area contributed by atoms with Crippen molar-refractivity contribution in [1.29, 1.82) is 0 Å². The van der Waals surface area contributed by atoms with Gasteiger partial charge in [-0.05, 0) is 89.4 Å². The Hall–Kier alpha value is -1.48. The Balaban J connectivity index is 1.26. The van der Waals surface area contributed by atoms with Gasteiger partial charge >= 0.3 is 0 Å². The highest BCUT2D eigenvalue weighted by Gasteiger charge is 2.37. The van der Waals surface area contributed by atoms with E-state index in [1.165, 1.54) is 25.9 Å². The Kier molecular flexibility index (Phi) is 8.57. The number of amides is 1. The van der Waals surface area contributed by atoms with Crippen LogP contribution in [0, 0.1) is 26.7 Å². The zero-order chi connectivity index (χ0) is 25.2. The molecular formula is C27H43N3O4S. The summed E-state index contributed by atoms with van der Waals surface area (Å²) < 4.78 is 34.4. The Labute approximate surface area is 211 Å². The van der Waals surface area contributed by atoms with E-state index >= 15 is 0 Å². The lowest BCUT2D eigenvalue weighted by Gasteiger charge is -2.41. The van der Waals surface area contributed by atoms with E-state index in [1.807, 2.05) is 37.8 Å². The maximum absolute atomic E-state index is 13.5. The lowest BCUT2D eigenvalue weighted by Crippen LogP contribution is -2.49. The fourth-order valence-electron chi connectivity index (χ4n) is 6.23. The molecule has 0 aliphatic carbocycles. The lowest BCUT2D eigenvalue weighted by atomic mass is 9.95. The van der Waals surface area contributed by atoms with Gasteiger partial charge in [0.25, 0.3) is 0 Å². The van der Waals surface area contributed by atoms with Crippen molar-refractivity contribution in [3.8, 4) is 0 Å². The van der Waals surface area contributed by atoms with Gasteiger partial charge in [0.1, 0.15) is 6.61 Å². The van der Waals surface area contributed by atoms with Crippen molar-refractivity contribution < 1.29 is 17.9 Å². The zero-order valence-corrected chi connectivity index (χ0v) is 22.8. The Morgan fingerprint density at radius 2 is 1.57 bits per heavy atom. The second-order valence-electron chi connectivity index (χ2n) is 11.0. The first kappa shape index (κ1) is 26.6. The minimum atomic E-state index is -3.60. The molecule has 0 spiro atoms. The van der Waals surface area contributed by atoms with Gasteiger partial charge in [0, 0.05) is 31.7 Å². The number of sulfonamides is 1. The van der Waals surface area contributed by atoms with Gasteiger partial charge in [0.05, 0.1) is 11.5 Å². The SMILES string of the molecule is Cc1cc(C)c(S(=O)(=O)N2CCC[C@H]2COCC(=O)N2CCC(N3CCC(C)CC3)CC2)c(C)c1. The van der Waals surface area contributed by atoms with Gasteiger partial charge < -0.3 is 14.5 Å². The second-order valence-corrected chi connectivity index (χ2v) is 12.8. The highest BCUT2D eigenvalue weighted by atomic mass is 32.2. The normalized spacial score (nSPS) is 23.8. The van der Waals surface area contributed by atoms with Crippen molar-refractivity contribution in [3.05, 3.63) is 28.8 Å². The summed E-state index contributed by atoms with van der Waals surface area (Å²) >= 11 is 0. The van der Waals surface area contributed by atoms with E-state index < -0.39 is 10.0 Å². The molecule has 3 fully saturated rings. The van der Waals surface area contributed by atoms with Crippen LogP contribution in [0.25, 0.3) is 0 Å². The molecule has 8 heteroatoms. The van der Waals surface area contributed by atoms with Crippen LogP contribution < -0.4 is 0 Å². The van der Waals surface area contributed by atoms with E-state index in [2.05, 4.69) is 11.8 Å². The fraction of sp³-hybridized carbons (Fsp3) is 0.741. The van der Waals surface area contributed by atoms with Crippen molar-refractivity contribution >= 4 is 15.9 Å². The first-order chi connectivity index (χ1) is 16.7. The average Bonchev–Trinajstić information content (AvgIpc) is 3.28. The van der Waals surface area contributed by atoms with Crippen LogP contribution >= 0.6 is 0 Å². The topological polar surface area (TPSA) is 70.2 Å². The van der Waals surface area contributed by atoms with Crippen LogP contribution in [-0.2, 0) is 19.6 Å². The van der Waals surface area contributed by atoms with Crippen LogP contribution in [-0.4, -0.2) is 86.5 Å². The minimum Gasteiger partial charge on any atom is -0.370 e. The molecule has 0 saturated carbocycles. The number of piperidine rings is 2. The number of hydrogen-bond acceptors (Lipinski definition) is 5. The van der Waals surface area contributed by atoms with Crippen LogP contribution in [0.15, 0.2) is 17.0 Å². The van der Waals surface area contributed by atoms with Crippen molar-refractivity contribution in [3.63, 3.8) is 0 Å². The third-order valence-electron chi connectivity index (χ3n) is 8.18. The van der Waals surface area contributed by atoms with Gasteiger partial charge in [-0.25, -0.2) is 8.42 Å². The molecular weight excluding hydrogens is 462 g/mol. The smallest absolute Gasteiger partial charge is 0.248 e. The van der Waals surface area contributed by atoms with Gasteiger partial charge in [0.15, 0.2) is 0 Å². The Bertz CT molecular complexity index is 973. The minimum absolute atomic E-state index is 0.0216. The van der Waals surface area contributed by atoms with Crippen LogP contribution in [0.5, 0.6) is 0 Å². The molecule has 3 aliphatic rings. The number of carbonyl (C=O) groups is 1. The molecule has 1 atom stereocenters. The molecule has 1 aromatic carbocycles. The molecule has 35 heavy (non-hydrogen) atoms. The van der Waals surface area contributed by atoms with Gasteiger partial charge in [-0.1, -0.05) is 24.6 Å². The summed E-state index contributed by atoms with van der Waals surface area (Å²) in [7, 11) is -3.60. The van der Waals surface area contributed by atoms with E-state index in [0.29, 0.717) is 17.5 Å². The van der Waals surface area contributed by atoms with Gasteiger partial charge in [0.2, 0.25) is 15.9 Å². The summed E-state index contributed by atoms with van der Waals surface area (Å²) in [5.41, 5.74) is 2.63. The predicted molar refractivity (Wildman–Crippen MR) is 138 cm³/mol. The third kappa shape index (κ3) is 6.09. The maximum atomic E-state index is 13.5. The summed E-state index contributed by atoms with van der Waals surface area (Å²) in [6.07, 6.45) is 6.20. The molecule has 1 aromatic rings. The van der Waals surface area contributed by atoms with E-state index in [4.69, 9.17) is 4.74 Å². The van der Waals surface area contributed by atoms with Crippen LogP contribution in [0.2, 0.25) is 0 Å². The summed E-state index contributed by atoms with van der Waals surface area (Å²) in [5.74, 6) is 0.856. The molecule has 0 bridgehead atoms. The van der Waals surface area contributed by atoms with Crippen molar-refractivity contribution in [1.82, 2.24) is 14.1 Å². The fourth-order valence-corrected chi connectivity index (χ4v) is 8.33. The number of ether oxygens (including phenoxy) is 1. The predicted octanol–water partition coefficient (Wildman–Crippen LogP) is 3.50. The molecule has 7 nitrogen and oxygen atoms in total. The van der Waals surface area contributed by atoms with Crippen LogP contribution in [0.1, 0.15) is 62.1 Å². The molecule has 0 radical (unpaired) electrons. The summed E-state index contributed by atoms with van der Waals surface area (Å²) in [4.78, 5) is 17.7. The molecule has 0 unspecified atom stereocenters. The first-order valence-corrected chi connectivity index (χ1v) is 14.8. The molecule has 0 aromatic heterocycles. The maximum Gasteiger partial charge on any atom is 0.248 e. The van der Waals surface area contributed by atoms with E-state index in [9.17, 15) is 13.2 Å². The number of aryl methyl sites for hydroxylation is 3. The van der Waals surface area contributed by atoms with E-state index in [1.54, 1.807) is 4.31 Å². The monoisotopic (exact) mass is 505 g/mol. The molecule has 1 amide bonds. The van der Waals surface area contributed by atoms with E-state index in [0.717, 1.165) is 61.4 Å². The Morgan fingerprint density at radius 1 is 0.943 bits per heavy atom. The number of nitrogens with zero attached hydrogens (tertiary/aromatic N) is 3. The highest BCUT2D eigenvalue weighted by molar-refractivity contribution is 7.89. The number of hydrogen-bond donors (Lipinski definition) is 0. The van der Waals surface area contributed by atoms with E-state index in [-0.39, 0.29) is 25.2 Å². The van der Waals surface area contributed by atoms with Crippen molar-refractivity contribution in [2.75, 3.05) is 45.9 Å². The highest BCUT2D eigenvalue weighted by Crippen LogP contribution is 2.31. The number of rotatable bonds is 7. The van der Waals surface area contributed by atoms with Crippen molar-refractivity contribution in [2.24, 2.45) is 5.92 Å². The first-order valence-electron chi connectivity index (χ1n) is 13.4. The summed E-state index contributed by atoms with van der Waals surface area (Å²) in [6, 6.07) is 4.23. The molecule has 0 N–H and O–H groups in total.